The number of carbonyl (C=O) groups excluding carboxylic acids is 1. The maximum atomic E-state index is 14.4. The topological polar surface area (TPSA) is 72.5 Å². The zero-order valence-corrected chi connectivity index (χ0v) is 28.9. The SMILES string of the molecule is COc1ccc([I+]c2ccc(Oc3ccc(OCC(=O)OC45CC6CC7C8(CCOCC(F)(F)C(F)(F)CO8)C(C4)C67C5)cc3)cc2)cc1. The Kier molecular flexibility index (Phi) is 8.10. The number of alkyl halides is 4. The predicted octanol–water partition coefficient (Wildman–Crippen LogP) is 4.17. The summed E-state index contributed by atoms with van der Waals surface area (Å²) in [5.74, 6) is -6.36. The third-order valence-corrected chi connectivity index (χ3v) is 14.1. The number of rotatable bonds is 9. The van der Waals surface area contributed by atoms with Gasteiger partial charge in [-0.15, -0.1) is 0 Å². The standard InChI is InChI=1S/C37H36F4IO7/c1-44-26-6-2-24(3-7-26)42-25-4-8-28(9-5-25)48-29-12-10-27(11-13-29)46-19-32(43)49-33-17-23-16-30-34(23,20-33)31(18-33)35(30)14-15-45-21-36(38,39)37(40,41)22-47-35/h2-13,23,30-31H,14-22H2,1H3/q+1. The molecule has 4 saturated carbocycles. The summed E-state index contributed by atoms with van der Waals surface area (Å²) in [5, 5.41) is 0. The van der Waals surface area contributed by atoms with Crippen LogP contribution in [0.4, 0.5) is 17.6 Å². The minimum absolute atomic E-state index is 0.0278. The zero-order chi connectivity index (χ0) is 34.1. The van der Waals surface area contributed by atoms with Gasteiger partial charge in [0.05, 0.1) is 12.7 Å². The third kappa shape index (κ3) is 5.56. The molecule has 3 aromatic rings. The van der Waals surface area contributed by atoms with E-state index in [4.69, 9.17) is 28.4 Å². The molecule has 0 aromatic heterocycles. The van der Waals surface area contributed by atoms with Gasteiger partial charge in [0.25, 0.3) is 0 Å². The molecule has 0 radical (unpaired) electrons. The molecule has 1 aliphatic heterocycles. The average molecular weight is 796 g/mol. The maximum Gasteiger partial charge on any atom is 0.357 e. The van der Waals surface area contributed by atoms with Gasteiger partial charge in [-0.3, -0.25) is 0 Å². The number of ether oxygens (including phenoxy) is 6. The summed E-state index contributed by atoms with van der Waals surface area (Å²) in [4.78, 5) is 13.0. The van der Waals surface area contributed by atoms with E-state index >= 15 is 0 Å². The Morgan fingerprint density at radius 1 is 0.816 bits per heavy atom. The quantitative estimate of drug-likeness (QED) is 0.183. The van der Waals surface area contributed by atoms with Crippen LogP contribution in [0.25, 0.3) is 0 Å². The highest BCUT2D eigenvalue weighted by molar-refractivity contribution is 5.72. The summed E-state index contributed by atoms with van der Waals surface area (Å²) in [6.45, 7) is -3.05. The molecule has 8 rings (SSSR count). The van der Waals surface area contributed by atoms with Crippen molar-refractivity contribution in [3.63, 3.8) is 0 Å². The fraction of sp³-hybridized carbons (Fsp3) is 0.486. The van der Waals surface area contributed by atoms with E-state index in [1.54, 1.807) is 31.4 Å². The summed E-state index contributed by atoms with van der Waals surface area (Å²) in [5.41, 5.74) is -1.84. The van der Waals surface area contributed by atoms with Crippen molar-refractivity contribution < 1.29 is 72.0 Å². The average Bonchev–Trinajstić information content (AvgIpc) is 3.57. The Bertz CT molecular complexity index is 1710. The Balaban J connectivity index is 0.841. The van der Waals surface area contributed by atoms with Crippen molar-refractivity contribution in [1.82, 2.24) is 0 Å². The number of esters is 1. The first-order valence-corrected chi connectivity index (χ1v) is 18.6. The highest BCUT2D eigenvalue weighted by atomic mass is 127. The predicted molar refractivity (Wildman–Crippen MR) is 163 cm³/mol. The minimum Gasteiger partial charge on any atom is -0.497 e. The van der Waals surface area contributed by atoms with E-state index in [9.17, 15) is 22.4 Å². The second-order valence-electron chi connectivity index (χ2n) is 13.9. The molecule has 12 heteroatoms. The lowest BCUT2D eigenvalue weighted by molar-refractivity contribution is -0.597. The van der Waals surface area contributed by atoms with E-state index in [2.05, 4.69) is 24.3 Å². The fourth-order valence-corrected chi connectivity index (χ4v) is 11.5. The van der Waals surface area contributed by atoms with Gasteiger partial charge in [0.1, 0.15) is 41.8 Å². The molecule has 6 atom stereocenters. The highest BCUT2D eigenvalue weighted by Crippen LogP contribution is 2.87. The number of carbonyl (C=O) groups is 1. The number of methoxy groups -OCH3 is 1. The van der Waals surface area contributed by atoms with Crippen molar-refractivity contribution in [2.75, 3.05) is 33.5 Å². The lowest BCUT2D eigenvalue weighted by atomic mass is 9.31. The molecule has 260 valence electrons. The van der Waals surface area contributed by atoms with E-state index in [0.29, 0.717) is 42.4 Å². The van der Waals surface area contributed by atoms with Crippen LogP contribution < -0.4 is 35.4 Å². The summed E-state index contributed by atoms with van der Waals surface area (Å²) < 4.78 is 93.4. The van der Waals surface area contributed by atoms with Crippen LogP contribution in [0.1, 0.15) is 32.1 Å². The minimum atomic E-state index is -4.33. The van der Waals surface area contributed by atoms with Crippen LogP contribution in [0.15, 0.2) is 72.8 Å². The molecule has 0 amide bonds. The van der Waals surface area contributed by atoms with Gasteiger partial charge in [0.2, 0.25) is 0 Å². The van der Waals surface area contributed by atoms with E-state index < -0.39 is 42.2 Å². The molecule has 0 N–H and O–H groups in total. The molecule has 1 saturated heterocycles. The summed E-state index contributed by atoms with van der Waals surface area (Å²) in [6, 6.07) is 23.1. The fourth-order valence-electron chi connectivity index (χ4n) is 9.35. The molecule has 7 nitrogen and oxygen atoms in total. The molecule has 5 fully saturated rings. The van der Waals surface area contributed by atoms with Gasteiger partial charge >= 0.3 is 39.0 Å². The number of hydrogen-bond acceptors (Lipinski definition) is 7. The van der Waals surface area contributed by atoms with Crippen LogP contribution in [0.2, 0.25) is 0 Å². The number of halogens is 5. The number of fused-ring (bicyclic) bond motifs is 3. The number of benzene rings is 3. The zero-order valence-electron chi connectivity index (χ0n) is 26.8. The molecular weight excluding hydrogens is 759 g/mol. The lowest BCUT2D eigenvalue weighted by Gasteiger charge is -2.75. The second-order valence-corrected chi connectivity index (χ2v) is 16.9. The van der Waals surface area contributed by atoms with E-state index in [1.165, 1.54) is 7.14 Å². The molecule has 1 heterocycles. The van der Waals surface area contributed by atoms with Gasteiger partial charge in [-0.2, -0.15) is 17.6 Å². The van der Waals surface area contributed by atoms with Gasteiger partial charge in [0, 0.05) is 13.0 Å². The van der Waals surface area contributed by atoms with E-state index in [-0.39, 0.29) is 58.1 Å². The molecule has 4 aliphatic carbocycles. The Hall–Kier alpha value is -3.10. The molecular formula is C37H36F4IO7+. The summed E-state index contributed by atoms with van der Waals surface area (Å²) in [7, 11) is 1.66. The largest absolute Gasteiger partial charge is 0.497 e. The summed E-state index contributed by atoms with van der Waals surface area (Å²) >= 11 is -0.324. The van der Waals surface area contributed by atoms with Gasteiger partial charge in [-0.25, -0.2) is 4.79 Å². The summed E-state index contributed by atoms with van der Waals surface area (Å²) in [6.07, 6.45) is 2.83. The first-order chi connectivity index (χ1) is 23.5. The van der Waals surface area contributed by atoms with Crippen molar-refractivity contribution in [2.45, 2.75) is 55.2 Å². The van der Waals surface area contributed by atoms with Gasteiger partial charge in [-0.1, -0.05) is 0 Å². The van der Waals surface area contributed by atoms with Crippen molar-refractivity contribution in [3.05, 3.63) is 79.9 Å². The van der Waals surface area contributed by atoms with E-state index in [0.717, 1.165) is 12.2 Å². The Morgan fingerprint density at radius 2 is 1.43 bits per heavy atom. The van der Waals surface area contributed by atoms with Crippen LogP contribution in [0.5, 0.6) is 23.0 Å². The Labute approximate surface area is 291 Å². The van der Waals surface area contributed by atoms with Gasteiger partial charge in [-0.05, 0) is 122 Å². The maximum absolute atomic E-state index is 14.4. The monoisotopic (exact) mass is 795 g/mol. The highest BCUT2D eigenvalue weighted by Gasteiger charge is 2.87. The normalized spacial score (nSPS) is 33.2. The van der Waals surface area contributed by atoms with E-state index in [1.807, 2.05) is 24.3 Å². The lowest BCUT2D eigenvalue weighted by Crippen LogP contribution is -3.61. The van der Waals surface area contributed by atoms with Crippen LogP contribution in [0.3, 0.4) is 0 Å². The van der Waals surface area contributed by atoms with Crippen LogP contribution in [-0.2, 0) is 19.0 Å². The second kappa shape index (κ2) is 12.0. The van der Waals surface area contributed by atoms with Crippen molar-refractivity contribution in [3.8, 4) is 23.0 Å². The van der Waals surface area contributed by atoms with Crippen LogP contribution >= 0.6 is 0 Å². The van der Waals surface area contributed by atoms with Crippen LogP contribution in [-0.4, -0.2) is 62.6 Å². The van der Waals surface area contributed by atoms with Crippen molar-refractivity contribution in [1.29, 1.82) is 0 Å². The Morgan fingerprint density at radius 3 is 2.10 bits per heavy atom. The molecule has 2 bridgehead atoms. The first kappa shape index (κ1) is 33.1. The number of hydrogen-bond donors (Lipinski definition) is 0. The molecule has 49 heavy (non-hydrogen) atoms. The van der Waals surface area contributed by atoms with Crippen molar-refractivity contribution >= 4 is 5.97 Å². The smallest absolute Gasteiger partial charge is 0.357 e. The molecule has 6 unspecified atom stereocenters. The third-order valence-electron chi connectivity index (χ3n) is 11.4. The first-order valence-electron chi connectivity index (χ1n) is 16.4. The van der Waals surface area contributed by atoms with Gasteiger partial charge in [0.15, 0.2) is 13.7 Å². The van der Waals surface area contributed by atoms with Crippen LogP contribution in [0, 0.1) is 30.3 Å². The molecule has 5 aliphatic rings. The van der Waals surface area contributed by atoms with Crippen molar-refractivity contribution in [2.24, 2.45) is 23.2 Å². The molecule has 3 aromatic carbocycles. The van der Waals surface area contributed by atoms with Gasteiger partial charge < -0.3 is 28.4 Å². The molecule has 2 spiro atoms.